The van der Waals surface area contributed by atoms with Gasteiger partial charge in [0.15, 0.2) is 17.5 Å². The second-order valence-corrected chi connectivity index (χ2v) is 6.79. The Morgan fingerprint density at radius 3 is 1.95 bits per heavy atom. The van der Waals surface area contributed by atoms with Gasteiger partial charge in [-0.1, -0.05) is 58.3 Å². The van der Waals surface area contributed by atoms with Gasteiger partial charge in [0.1, 0.15) is 0 Å². The Morgan fingerprint density at radius 1 is 0.864 bits per heavy atom. The molecule has 0 bridgehead atoms. The number of unbranched alkanes of at least 4 members (excludes halogenated alkanes) is 1. The second kappa shape index (κ2) is 8.59. The molecular weight excluding hydrogens is 285 g/mol. The van der Waals surface area contributed by atoms with Crippen LogP contribution in [-0.4, -0.2) is 0 Å². The fraction of sp³-hybridized carbons (Fsp3) is 0.684. The predicted molar refractivity (Wildman–Crippen MR) is 84.2 cm³/mol. The van der Waals surface area contributed by atoms with Gasteiger partial charge in [0.2, 0.25) is 0 Å². The first-order valence-corrected chi connectivity index (χ1v) is 8.73. The van der Waals surface area contributed by atoms with Gasteiger partial charge in [-0.15, -0.1) is 0 Å². The minimum atomic E-state index is -1.37. The molecule has 3 heteroatoms. The van der Waals surface area contributed by atoms with Crippen molar-refractivity contribution >= 4 is 0 Å². The van der Waals surface area contributed by atoms with Gasteiger partial charge in [0.05, 0.1) is 0 Å². The van der Waals surface area contributed by atoms with Crippen LogP contribution in [0.5, 0.6) is 0 Å². The number of rotatable bonds is 7. The van der Waals surface area contributed by atoms with Crippen molar-refractivity contribution in [3.05, 3.63) is 35.1 Å². The Morgan fingerprint density at radius 2 is 1.41 bits per heavy atom. The highest BCUT2D eigenvalue weighted by molar-refractivity contribution is 5.19. The van der Waals surface area contributed by atoms with E-state index in [4.69, 9.17) is 0 Å². The molecule has 0 N–H and O–H groups in total. The monoisotopic (exact) mass is 312 g/mol. The third-order valence-electron chi connectivity index (χ3n) is 5.03. The summed E-state index contributed by atoms with van der Waals surface area (Å²) in [6.07, 6.45) is 11.9. The third-order valence-corrected chi connectivity index (χ3v) is 5.03. The minimum Gasteiger partial charge on any atom is -0.204 e. The van der Waals surface area contributed by atoms with Gasteiger partial charge in [0, 0.05) is 0 Å². The largest absolute Gasteiger partial charge is 0.204 e. The van der Waals surface area contributed by atoms with Gasteiger partial charge >= 0.3 is 0 Å². The van der Waals surface area contributed by atoms with E-state index in [0.29, 0.717) is 12.0 Å². The average Bonchev–Trinajstić information content (AvgIpc) is 2.51. The molecule has 0 nitrogen and oxygen atoms in total. The molecule has 22 heavy (non-hydrogen) atoms. The summed E-state index contributed by atoms with van der Waals surface area (Å²) in [6.45, 7) is 2.26. The molecule has 0 spiro atoms. The van der Waals surface area contributed by atoms with E-state index < -0.39 is 17.5 Å². The summed E-state index contributed by atoms with van der Waals surface area (Å²) in [6, 6.07) is 2.24. The highest BCUT2D eigenvalue weighted by atomic mass is 19.2. The van der Waals surface area contributed by atoms with E-state index in [2.05, 4.69) is 6.92 Å². The first-order chi connectivity index (χ1) is 10.6. The molecule has 1 aromatic carbocycles. The number of aryl methyl sites for hydroxylation is 1. The zero-order valence-electron chi connectivity index (χ0n) is 13.5. The third kappa shape index (κ3) is 5.03. The highest BCUT2D eigenvalue weighted by Gasteiger charge is 2.20. The molecule has 0 aromatic heterocycles. The van der Waals surface area contributed by atoms with E-state index in [-0.39, 0.29) is 0 Å². The molecule has 2 rings (SSSR count). The van der Waals surface area contributed by atoms with E-state index in [1.54, 1.807) is 0 Å². The molecular formula is C19H27F3. The van der Waals surface area contributed by atoms with Crippen molar-refractivity contribution in [1.82, 2.24) is 0 Å². The van der Waals surface area contributed by atoms with Crippen LogP contribution in [-0.2, 0) is 6.42 Å². The Bertz CT molecular complexity index is 439. The molecule has 1 aliphatic carbocycles. The Kier molecular flexibility index (Phi) is 6.78. The summed E-state index contributed by atoms with van der Waals surface area (Å²) in [5.74, 6) is -1.76. The first-order valence-electron chi connectivity index (χ1n) is 8.73. The molecule has 124 valence electrons. The smallest absolute Gasteiger partial charge is 0.194 e. The quantitative estimate of drug-likeness (QED) is 0.402. The second-order valence-electron chi connectivity index (χ2n) is 6.79. The van der Waals surface area contributed by atoms with Gasteiger partial charge in [0.25, 0.3) is 0 Å². The van der Waals surface area contributed by atoms with Crippen LogP contribution >= 0.6 is 0 Å². The summed E-state index contributed by atoms with van der Waals surface area (Å²) in [5, 5.41) is 0. The number of hydrogen-bond donors (Lipinski definition) is 0. The summed E-state index contributed by atoms with van der Waals surface area (Å²) >= 11 is 0. The molecule has 0 aliphatic heterocycles. The zero-order valence-corrected chi connectivity index (χ0v) is 13.5. The predicted octanol–water partition coefficient (Wildman–Crippen LogP) is 6.42. The van der Waals surface area contributed by atoms with Crippen molar-refractivity contribution in [3.63, 3.8) is 0 Å². The molecule has 1 saturated carbocycles. The van der Waals surface area contributed by atoms with Gasteiger partial charge in [-0.05, 0) is 42.4 Å². The topological polar surface area (TPSA) is 0 Å². The molecule has 0 amide bonds. The molecule has 0 heterocycles. The van der Waals surface area contributed by atoms with E-state index in [1.807, 2.05) is 0 Å². The van der Waals surface area contributed by atoms with Crippen molar-refractivity contribution < 1.29 is 13.2 Å². The SMILES string of the molecule is CCCC1CCC(CCCCc2cc(F)c(F)c(F)c2)CC1. The molecule has 0 atom stereocenters. The maximum atomic E-state index is 13.1. The van der Waals surface area contributed by atoms with Crippen LogP contribution in [0.1, 0.15) is 70.3 Å². The maximum absolute atomic E-state index is 13.1. The molecule has 1 fully saturated rings. The highest BCUT2D eigenvalue weighted by Crippen LogP contribution is 2.34. The van der Waals surface area contributed by atoms with E-state index >= 15 is 0 Å². The number of hydrogen-bond acceptors (Lipinski definition) is 0. The summed E-state index contributed by atoms with van der Waals surface area (Å²) < 4.78 is 39.1. The summed E-state index contributed by atoms with van der Waals surface area (Å²) in [4.78, 5) is 0. The molecule has 0 saturated heterocycles. The fourth-order valence-corrected chi connectivity index (χ4v) is 3.73. The number of benzene rings is 1. The maximum Gasteiger partial charge on any atom is 0.194 e. The number of halogens is 3. The van der Waals surface area contributed by atoms with Gasteiger partial charge in [-0.2, -0.15) is 0 Å². The van der Waals surface area contributed by atoms with Crippen LogP contribution in [0.3, 0.4) is 0 Å². The lowest BCUT2D eigenvalue weighted by atomic mass is 9.78. The van der Waals surface area contributed by atoms with Crippen molar-refractivity contribution in [2.75, 3.05) is 0 Å². The fourth-order valence-electron chi connectivity index (χ4n) is 3.73. The normalized spacial score (nSPS) is 22.0. The standard InChI is InChI=1S/C19H27F3/c1-2-5-14-8-10-15(11-9-14)6-3-4-7-16-12-17(20)19(22)18(21)13-16/h12-15H,2-11H2,1H3. The van der Waals surface area contributed by atoms with E-state index in [1.165, 1.54) is 44.9 Å². The summed E-state index contributed by atoms with van der Waals surface area (Å²) in [7, 11) is 0. The van der Waals surface area contributed by atoms with Crippen LogP contribution in [0, 0.1) is 29.3 Å². The molecule has 0 radical (unpaired) electrons. The van der Waals surface area contributed by atoms with Gasteiger partial charge in [-0.3, -0.25) is 0 Å². The van der Waals surface area contributed by atoms with Crippen LogP contribution in [0.15, 0.2) is 12.1 Å². The van der Waals surface area contributed by atoms with Crippen LogP contribution < -0.4 is 0 Å². The Hall–Kier alpha value is -0.990. The van der Waals surface area contributed by atoms with E-state index in [0.717, 1.165) is 36.8 Å². The minimum absolute atomic E-state index is 0.558. The zero-order chi connectivity index (χ0) is 15.9. The average molecular weight is 312 g/mol. The van der Waals surface area contributed by atoms with Crippen molar-refractivity contribution in [2.24, 2.45) is 11.8 Å². The van der Waals surface area contributed by atoms with Gasteiger partial charge in [-0.25, -0.2) is 13.2 Å². The van der Waals surface area contributed by atoms with Crippen LogP contribution in [0.4, 0.5) is 13.2 Å². The summed E-state index contributed by atoms with van der Waals surface area (Å²) in [5.41, 5.74) is 0.558. The first kappa shape index (κ1) is 17.4. The van der Waals surface area contributed by atoms with Gasteiger partial charge < -0.3 is 0 Å². The van der Waals surface area contributed by atoms with Crippen molar-refractivity contribution in [1.29, 1.82) is 0 Å². The van der Waals surface area contributed by atoms with Crippen molar-refractivity contribution in [2.45, 2.75) is 71.1 Å². The van der Waals surface area contributed by atoms with E-state index in [9.17, 15) is 13.2 Å². The lowest BCUT2D eigenvalue weighted by molar-refractivity contribution is 0.248. The lowest BCUT2D eigenvalue weighted by Crippen LogP contribution is -2.14. The van der Waals surface area contributed by atoms with Crippen LogP contribution in [0.25, 0.3) is 0 Å². The Labute approximate surface area is 132 Å². The molecule has 0 unspecified atom stereocenters. The van der Waals surface area contributed by atoms with Crippen LogP contribution in [0.2, 0.25) is 0 Å². The molecule has 1 aliphatic rings. The van der Waals surface area contributed by atoms with Crippen molar-refractivity contribution in [3.8, 4) is 0 Å². The molecule has 1 aromatic rings. The Balaban J connectivity index is 1.66. The lowest BCUT2D eigenvalue weighted by Gasteiger charge is -2.28.